The van der Waals surface area contributed by atoms with Gasteiger partial charge in [0.1, 0.15) is 5.82 Å². The highest BCUT2D eigenvalue weighted by Crippen LogP contribution is 2.29. The van der Waals surface area contributed by atoms with Gasteiger partial charge in [-0.1, -0.05) is 39.5 Å². The fraction of sp³-hybridized carbons (Fsp3) is 0.700. The van der Waals surface area contributed by atoms with Crippen LogP contribution in [0.5, 0.6) is 0 Å². The van der Waals surface area contributed by atoms with Crippen molar-refractivity contribution in [3.05, 3.63) is 5.82 Å². The van der Waals surface area contributed by atoms with Crippen LogP contribution in [0.4, 0.5) is 0 Å². The maximum atomic E-state index is 10.5. The van der Waals surface area contributed by atoms with E-state index in [9.17, 15) is 4.79 Å². The standard InChI is InChI=1S/C10H16N2O2S2/c1-6(5-7(13)14)15-9-11-8(12-16-9)10(2,3)4/h6H,5H2,1-4H3,(H,13,14). The summed E-state index contributed by atoms with van der Waals surface area (Å²) >= 11 is 2.81. The highest BCUT2D eigenvalue weighted by molar-refractivity contribution is 8.01. The largest absolute Gasteiger partial charge is 0.481 e. The number of aromatic nitrogens is 2. The summed E-state index contributed by atoms with van der Waals surface area (Å²) in [6.07, 6.45) is 0.148. The van der Waals surface area contributed by atoms with Crippen LogP contribution < -0.4 is 0 Å². The Labute approximate surface area is 104 Å². The maximum Gasteiger partial charge on any atom is 0.304 e. The van der Waals surface area contributed by atoms with E-state index in [1.165, 1.54) is 23.3 Å². The molecule has 16 heavy (non-hydrogen) atoms. The van der Waals surface area contributed by atoms with Gasteiger partial charge in [-0.2, -0.15) is 4.37 Å². The molecule has 1 unspecified atom stereocenters. The number of nitrogens with zero attached hydrogens (tertiary/aromatic N) is 2. The molecule has 6 heteroatoms. The molecular formula is C10H16N2O2S2. The fourth-order valence-electron chi connectivity index (χ4n) is 1.02. The van der Waals surface area contributed by atoms with Crippen LogP contribution in [0.3, 0.4) is 0 Å². The molecule has 0 spiro atoms. The molecule has 0 saturated carbocycles. The van der Waals surface area contributed by atoms with E-state index in [4.69, 9.17) is 5.11 Å². The Morgan fingerprint density at radius 1 is 1.56 bits per heavy atom. The number of hydrogen-bond donors (Lipinski definition) is 1. The van der Waals surface area contributed by atoms with Gasteiger partial charge in [0.2, 0.25) is 0 Å². The molecule has 1 aromatic rings. The van der Waals surface area contributed by atoms with Crippen molar-refractivity contribution in [1.82, 2.24) is 9.36 Å². The van der Waals surface area contributed by atoms with Crippen LogP contribution in [-0.4, -0.2) is 25.7 Å². The van der Waals surface area contributed by atoms with Crippen LogP contribution in [0.1, 0.15) is 39.9 Å². The molecule has 0 aliphatic heterocycles. The molecule has 0 radical (unpaired) electrons. The lowest BCUT2D eigenvalue weighted by Gasteiger charge is -2.12. The Morgan fingerprint density at radius 3 is 2.62 bits per heavy atom. The molecule has 90 valence electrons. The van der Waals surface area contributed by atoms with Crippen molar-refractivity contribution in [3.63, 3.8) is 0 Å². The zero-order chi connectivity index (χ0) is 12.3. The number of carboxylic acid groups (broad SMARTS) is 1. The van der Waals surface area contributed by atoms with E-state index < -0.39 is 5.97 Å². The summed E-state index contributed by atoms with van der Waals surface area (Å²) in [4.78, 5) is 14.9. The van der Waals surface area contributed by atoms with Crippen molar-refractivity contribution in [3.8, 4) is 0 Å². The van der Waals surface area contributed by atoms with Gasteiger partial charge < -0.3 is 5.11 Å². The van der Waals surface area contributed by atoms with E-state index in [-0.39, 0.29) is 17.1 Å². The number of aliphatic carboxylic acids is 1. The van der Waals surface area contributed by atoms with Gasteiger partial charge in [0, 0.05) is 10.7 Å². The van der Waals surface area contributed by atoms with Gasteiger partial charge in [-0.05, 0) is 11.5 Å². The van der Waals surface area contributed by atoms with Crippen LogP contribution in [0.2, 0.25) is 0 Å². The molecule has 4 nitrogen and oxygen atoms in total. The minimum absolute atomic E-state index is 0.0262. The monoisotopic (exact) mass is 260 g/mol. The van der Waals surface area contributed by atoms with E-state index in [2.05, 4.69) is 30.1 Å². The van der Waals surface area contributed by atoms with E-state index in [1.54, 1.807) is 0 Å². The van der Waals surface area contributed by atoms with Gasteiger partial charge >= 0.3 is 5.97 Å². The van der Waals surface area contributed by atoms with E-state index in [1.807, 2.05) is 6.92 Å². The molecular weight excluding hydrogens is 244 g/mol. The number of thioether (sulfide) groups is 1. The smallest absolute Gasteiger partial charge is 0.304 e. The van der Waals surface area contributed by atoms with Crippen molar-refractivity contribution in [1.29, 1.82) is 0 Å². The van der Waals surface area contributed by atoms with Gasteiger partial charge in [-0.3, -0.25) is 4.79 Å². The molecule has 0 fully saturated rings. The molecule has 0 amide bonds. The van der Waals surface area contributed by atoms with Crippen LogP contribution in [0, 0.1) is 0 Å². The third-order valence-electron chi connectivity index (χ3n) is 1.84. The van der Waals surface area contributed by atoms with Crippen LogP contribution >= 0.6 is 23.3 Å². The number of carboxylic acids is 1. The molecule has 1 heterocycles. The van der Waals surface area contributed by atoms with Gasteiger partial charge in [-0.25, -0.2) is 4.98 Å². The van der Waals surface area contributed by atoms with Crippen molar-refractivity contribution < 1.29 is 9.90 Å². The van der Waals surface area contributed by atoms with Gasteiger partial charge in [0.05, 0.1) is 6.42 Å². The lowest BCUT2D eigenvalue weighted by Crippen LogP contribution is -2.13. The van der Waals surface area contributed by atoms with Crippen LogP contribution in [0.25, 0.3) is 0 Å². The third kappa shape index (κ3) is 4.09. The van der Waals surface area contributed by atoms with E-state index in [0.29, 0.717) is 0 Å². The zero-order valence-corrected chi connectivity index (χ0v) is 11.5. The summed E-state index contributed by atoms with van der Waals surface area (Å²) in [6.45, 7) is 8.06. The topological polar surface area (TPSA) is 63.1 Å². The van der Waals surface area contributed by atoms with Crippen molar-refractivity contribution in [2.24, 2.45) is 0 Å². The summed E-state index contributed by atoms with van der Waals surface area (Å²) in [5.41, 5.74) is -0.0503. The Hall–Kier alpha value is -0.620. The number of carbonyl (C=O) groups is 1. The Balaban J connectivity index is 2.62. The molecule has 1 N–H and O–H groups in total. The highest BCUT2D eigenvalue weighted by atomic mass is 32.2. The predicted octanol–water partition coefficient (Wildman–Crippen LogP) is 2.79. The first kappa shape index (κ1) is 13.4. The molecule has 0 aliphatic rings. The summed E-state index contributed by atoms with van der Waals surface area (Å²) < 4.78 is 5.13. The predicted molar refractivity (Wildman–Crippen MR) is 66.2 cm³/mol. The lowest BCUT2D eigenvalue weighted by molar-refractivity contribution is -0.136. The molecule has 1 atom stereocenters. The summed E-state index contributed by atoms with van der Waals surface area (Å²) in [7, 11) is 0. The Bertz CT molecular complexity index is 371. The summed E-state index contributed by atoms with van der Waals surface area (Å²) in [5, 5.41) is 8.68. The van der Waals surface area contributed by atoms with Crippen LogP contribution in [0.15, 0.2) is 4.34 Å². The number of hydrogen-bond acceptors (Lipinski definition) is 5. The molecule has 0 aliphatic carbocycles. The van der Waals surface area contributed by atoms with Gasteiger partial charge in [-0.15, -0.1) is 0 Å². The van der Waals surface area contributed by atoms with E-state index >= 15 is 0 Å². The molecule has 0 aromatic carbocycles. The van der Waals surface area contributed by atoms with E-state index in [0.717, 1.165) is 10.2 Å². The second kappa shape index (κ2) is 5.14. The molecule has 0 saturated heterocycles. The van der Waals surface area contributed by atoms with Crippen LogP contribution in [-0.2, 0) is 10.2 Å². The normalized spacial score (nSPS) is 13.8. The Kier molecular flexibility index (Phi) is 4.32. The molecule has 1 aromatic heterocycles. The lowest BCUT2D eigenvalue weighted by atomic mass is 9.96. The first-order valence-corrected chi connectivity index (χ1v) is 6.67. The van der Waals surface area contributed by atoms with Crippen molar-refractivity contribution in [2.45, 2.75) is 49.1 Å². The maximum absolute atomic E-state index is 10.5. The summed E-state index contributed by atoms with van der Waals surface area (Å²) in [6, 6.07) is 0. The molecule has 0 bridgehead atoms. The average molecular weight is 260 g/mol. The Morgan fingerprint density at radius 2 is 2.19 bits per heavy atom. The minimum Gasteiger partial charge on any atom is -0.481 e. The summed E-state index contributed by atoms with van der Waals surface area (Å²) in [5.74, 6) is 0.0445. The SMILES string of the molecule is CC(CC(=O)O)Sc1nc(C(C)(C)C)ns1. The molecule has 1 rings (SSSR count). The first-order valence-electron chi connectivity index (χ1n) is 5.01. The second-order valence-electron chi connectivity index (χ2n) is 4.66. The first-order chi connectivity index (χ1) is 7.29. The number of rotatable bonds is 4. The van der Waals surface area contributed by atoms with Gasteiger partial charge in [0.25, 0.3) is 0 Å². The zero-order valence-electron chi connectivity index (χ0n) is 9.85. The third-order valence-corrected chi connectivity index (χ3v) is 3.73. The fourth-order valence-corrected chi connectivity index (χ4v) is 3.11. The average Bonchev–Trinajstić information content (AvgIpc) is 2.49. The highest BCUT2D eigenvalue weighted by Gasteiger charge is 2.20. The van der Waals surface area contributed by atoms with Crippen molar-refractivity contribution in [2.75, 3.05) is 0 Å². The van der Waals surface area contributed by atoms with Gasteiger partial charge in [0.15, 0.2) is 4.34 Å². The quantitative estimate of drug-likeness (QED) is 0.843. The minimum atomic E-state index is -0.777. The van der Waals surface area contributed by atoms with Crippen molar-refractivity contribution >= 4 is 29.3 Å². The second-order valence-corrected chi connectivity index (χ2v) is 7.10.